The Morgan fingerprint density at radius 3 is 1.68 bits per heavy atom. The Hall–Kier alpha value is -1.48. The molecule has 144 valence electrons. The van der Waals surface area contributed by atoms with Crippen molar-refractivity contribution in [2.45, 2.75) is 19.3 Å². The molecule has 25 heavy (non-hydrogen) atoms. The van der Waals surface area contributed by atoms with E-state index in [-0.39, 0.29) is 11.8 Å². The average Bonchev–Trinajstić information content (AvgIpc) is 2.60. The Labute approximate surface area is 149 Å². The summed E-state index contributed by atoms with van der Waals surface area (Å²) in [5.74, 6) is -0.212. The van der Waals surface area contributed by atoms with Crippen LogP contribution in [-0.4, -0.2) is 82.7 Å². The van der Waals surface area contributed by atoms with Crippen molar-refractivity contribution in [3.63, 3.8) is 0 Å². The van der Waals surface area contributed by atoms with Crippen molar-refractivity contribution in [1.82, 2.24) is 4.90 Å². The van der Waals surface area contributed by atoms with Crippen LogP contribution in [0.25, 0.3) is 0 Å². The van der Waals surface area contributed by atoms with Crippen molar-refractivity contribution in [2.24, 2.45) is 0 Å². The first-order valence-corrected chi connectivity index (χ1v) is 8.62. The molecule has 8 heteroatoms. The third-order valence-electron chi connectivity index (χ3n) is 3.42. The maximum atomic E-state index is 11.6. The molecule has 0 atom stereocenters. The minimum Gasteiger partial charge on any atom is -0.499 e. The van der Waals surface area contributed by atoms with Gasteiger partial charge in [-0.15, -0.1) is 0 Å². The Bertz CT molecular complexity index is 373. The third-order valence-corrected chi connectivity index (χ3v) is 3.42. The zero-order chi connectivity index (χ0) is 18.2. The zero-order valence-electron chi connectivity index (χ0n) is 14.8. The maximum Gasteiger partial charge on any atom is 0.229 e. The zero-order valence-corrected chi connectivity index (χ0v) is 14.8. The molecule has 0 aromatic rings. The van der Waals surface area contributed by atoms with Gasteiger partial charge in [0.1, 0.15) is 6.61 Å². The molecule has 0 radical (unpaired) electrons. The van der Waals surface area contributed by atoms with Crippen molar-refractivity contribution in [1.29, 1.82) is 0 Å². The summed E-state index contributed by atoms with van der Waals surface area (Å²) in [6, 6.07) is 0. The maximum absolute atomic E-state index is 11.6. The molecule has 1 heterocycles. The van der Waals surface area contributed by atoms with E-state index in [4.69, 9.17) is 23.7 Å². The highest BCUT2D eigenvalue weighted by molar-refractivity contribution is 5.97. The standard InChI is InChI=1S/C17H29NO7/c1-2-21-8-9-23-12-13-25-15-14-24-11-10-22-7-6-18-16(19)4-3-5-17(18)20/h2H,1,3-15H2. The van der Waals surface area contributed by atoms with E-state index in [1.165, 1.54) is 11.2 Å². The van der Waals surface area contributed by atoms with Gasteiger partial charge >= 0.3 is 0 Å². The van der Waals surface area contributed by atoms with Gasteiger partial charge in [0, 0.05) is 12.8 Å². The van der Waals surface area contributed by atoms with Crippen LogP contribution in [0, 0.1) is 0 Å². The molecule has 8 nitrogen and oxygen atoms in total. The number of carbonyl (C=O) groups is 2. The first kappa shape index (κ1) is 21.6. The van der Waals surface area contributed by atoms with Gasteiger partial charge in [0.15, 0.2) is 0 Å². The van der Waals surface area contributed by atoms with Crippen LogP contribution >= 0.6 is 0 Å². The molecule has 0 spiro atoms. The van der Waals surface area contributed by atoms with Gasteiger partial charge in [-0.3, -0.25) is 14.5 Å². The molecule has 0 unspecified atom stereocenters. The Morgan fingerprint density at radius 1 is 0.760 bits per heavy atom. The van der Waals surface area contributed by atoms with Crippen LogP contribution in [0.3, 0.4) is 0 Å². The molecule has 1 aliphatic heterocycles. The summed E-state index contributed by atoms with van der Waals surface area (Å²) in [6.07, 6.45) is 2.93. The van der Waals surface area contributed by atoms with Crippen LogP contribution in [-0.2, 0) is 33.3 Å². The predicted octanol–water partition coefficient (Wildman–Crippen LogP) is 0.752. The van der Waals surface area contributed by atoms with E-state index in [1.54, 1.807) is 0 Å². The summed E-state index contributed by atoms with van der Waals surface area (Å²) >= 11 is 0. The molecule has 0 aliphatic carbocycles. The lowest BCUT2D eigenvalue weighted by molar-refractivity contribution is -0.148. The molecule has 2 amide bonds. The number of hydrogen-bond donors (Lipinski definition) is 0. The largest absolute Gasteiger partial charge is 0.499 e. The minimum absolute atomic E-state index is 0.106. The van der Waals surface area contributed by atoms with Crippen LogP contribution in [0.5, 0.6) is 0 Å². The van der Waals surface area contributed by atoms with Gasteiger partial charge in [-0.25, -0.2) is 0 Å². The fourth-order valence-corrected chi connectivity index (χ4v) is 2.16. The van der Waals surface area contributed by atoms with Crippen LogP contribution in [0.2, 0.25) is 0 Å². The Balaban J connectivity index is 1.79. The quantitative estimate of drug-likeness (QED) is 0.228. The molecular formula is C17H29NO7. The highest BCUT2D eigenvalue weighted by atomic mass is 16.6. The number of hydrogen-bond acceptors (Lipinski definition) is 7. The molecule has 1 aliphatic rings. The normalized spacial score (nSPS) is 14.8. The van der Waals surface area contributed by atoms with E-state index in [0.29, 0.717) is 85.3 Å². The molecule has 0 bridgehead atoms. The second kappa shape index (κ2) is 14.8. The molecule has 1 rings (SSSR count). The van der Waals surface area contributed by atoms with E-state index in [0.717, 1.165) is 0 Å². The van der Waals surface area contributed by atoms with Crippen molar-refractivity contribution < 1.29 is 33.3 Å². The number of carbonyl (C=O) groups excluding carboxylic acids is 2. The third kappa shape index (κ3) is 10.9. The summed E-state index contributed by atoms with van der Waals surface area (Å²) in [5, 5.41) is 0. The molecule has 1 saturated heterocycles. The van der Waals surface area contributed by atoms with Crippen LogP contribution in [0.15, 0.2) is 12.8 Å². The fraction of sp³-hybridized carbons (Fsp3) is 0.765. The van der Waals surface area contributed by atoms with E-state index in [9.17, 15) is 9.59 Å². The molecule has 0 saturated carbocycles. The SMILES string of the molecule is C=COCCOCCOCCOCCOCCN1C(=O)CCCC1=O. The molecule has 0 N–H and O–H groups in total. The molecule has 0 aromatic heterocycles. The van der Waals surface area contributed by atoms with Crippen molar-refractivity contribution >= 4 is 11.8 Å². The lowest BCUT2D eigenvalue weighted by atomic mass is 10.1. The van der Waals surface area contributed by atoms with E-state index < -0.39 is 0 Å². The lowest BCUT2D eigenvalue weighted by Crippen LogP contribution is -2.42. The number of likely N-dealkylation sites (tertiary alicyclic amines) is 1. The number of amides is 2. The van der Waals surface area contributed by atoms with Gasteiger partial charge in [0.25, 0.3) is 0 Å². The minimum atomic E-state index is -0.106. The Morgan fingerprint density at radius 2 is 1.20 bits per heavy atom. The van der Waals surface area contributed by atoms with Gasteiger partial charge in [-0.05, 0) is 6.42 Å². The summed E-state index contributed by atoms with van der Waals surface area (Å²) in [6.45, 7) is 7.94. The van der Waals surface area contributed by atoms with E-state index >= 15 is 0 Å². The van der Waals surface area contributed by atoms with Gasteiger partial charge in [0.2, 0.25) is 11.8 Å². The number of ether oxygens (including phenoxy) is 5. The second-order valence-electron chi connectivity index (χ2n) is 5.28. The molecule has 0 aromatic carbocycles. The van der Waals surface area contributed by atoms with Crippen LogP contribution in [0.4, 0.5) is 0 Å². The topological polar surface area (TPSA) is 83.5 Å². The van der Waals surface area contributed by atoms with Crippen molar-refractivity contribution in [2.75, 3.05) is 66.0 Å². The first-order valence-electron chi connectivity index (χ1n) is 8.62. The highest BCUT2D eigenvalue weighted by Gasteiger charge is 2.25. The summed E-state index contributed by atoms with van der Waals surface area (Å²) < 4.78 is 26.2. The Kier molecular flexibility index (Phi) is 12.8. The van der Waals surface area contributed by atoms with Crippen LogP contribution < -0.4 is 0 Å². The number of nitrogens with zero attached hydrogens (tertiary/aromatic N) is 1. The van der Waals surface area contributed by atoms with E-state index in [1.807, 2.05) is 0 Å². The fourth-order valence-electron chi connectivity index (χ4n) is 2.16. The van der Waals surface area contributed by atoms with Gasteiger partial charge in [-0.2, -0.15) is 0 Å². The molecule has 1 fully saturated rings. The van der Waals surface area contributed by atoms with Crippen molar-refractivity contribution in [3.05, 3.63) is 12.8 Å². The van der Waals surface area contributed by atoms with Crippen molar-refractivity contribution in [3.8, 4) is 0 Å². The van der Waals surface area contributed by atoms with Gasteiger partial charge in [0.05, 0.1) is 65.7 Å². The summed E-state index contributed by atoms with van der Waals surface area (Å²) in [7, 11) is 0. The smallest absolute Gasteiger partial charge is 0.229 e. The van der Waals surface area contributed by atoms with Crippen LogP contribution in [0.1, 0.15) is 19.3 Å². The number of imide groups is 1. The second-order valence-corrected chi connectivity index (χ2v) is 5.28. The summed E-state index contributed by atoms with van der Waals surface area (Å²) in [5.41, 5.74) is 0. The van der Waals surface area contributed by atoms with Gasteiger partial charge in [-0.1, -0.05) is 6.58 Å². The first-order chi connectivity index (χ1) is 12.3. The summed E-state index contributed by atoms with van der Waals surface area (Å²) in [4.78, 5) is 24.4. The average molecular weight is 359 g/mol. The predicted molar refractivity (Wildman–Crippen MR) is 90.0 cm³/mol. The number of piperidine rings is 1. The van der Waals surface area contributed by atoms with Gasteiger partial charge < -0.3 is 23.7 Å². The lowest BCUT2D eigenvalue weighted by Gasteiger charge is -2.24. The number of rotatable bonds is 16. The monoisotopic (exact) mass is 359 g/mol. The highest BCUT2D eigenvalue weighted by Crippen LogP contribution is 2.11. The van der Waals surface area contributed by atoms with E-state index in [2.05, 4.69) is 6.58 Å². The molecular weight excluding hydrogens is 330 g/mol.